The van der Waals surface area contributed by atoms with Gasteiger partial charge in [0.1, 0.15) is 11.5 Å². The molecule has 0 spiro atoms. The number of fused-ring (bicyclic) bond motifs is 1. The molecule has 32 heavy (non-hydrogen) atoms. The lowest BCUT2D eigenvalue weighted by molar-refractivity contribution is -0.139. The van der Waals surface area contributed by atoms with Crippen LogP contribution < -0.4 is 9.47 Å². The van der Waals surface area contributed by atoms with Crippen molar-refractivity contribution in [1.29, 1.82) is 0 Å². The van der Waals surface area contributed by atoms with Crippen LogP contribution in [0.1, 0.15) is 15.9 Å². The van der Waals surface area contributed by atoms with Gasteiger partial charge in [-0.05, 0) is 17.7 Å². The number of rotatable bonds is 6. The van der Waals surface area contributed by atoms with Gasteiger partial charge in [-0.15, -0.1) is 0 Å². The van der Waals surface area contributed by atoms with E-state index >= 15 is 0 Å². The summed E-state index contributed by atoms with van der Waals surface area (Å²) in [7, 11) is 6.72. The van der Waals surface area contributed by atoms with Crippen molar-refractivity contribution in [2.24, 2.45) is 11.3 Å². The minimum absolute atomic E-state index is 0.0919. The third-order valence-electron chi connectivity index (χ3n) is 6.69. The summed E-state index contributed by atoms with van der Waals surface area (Å²) in [4.78, 5) is 32.6. The van der Waals surface area contributed by atoms with Crippen LogP contribution >= 0.6 is 0 Å². The number of nitrogens with zero attached hydrogens (tertiary/aromatic N) is 3. The van der Waals surface area contributed by atoms with Gasteiger partial charge in [0.05, 0.1) is 25.2 Å². The third kappa shape index (κ3) is 3.93. The van der Waals surface area contributed by atoms with Crippen LogP contribution in [0.3, 0.4) is 0 Å². The Bertz CT molecular complexity index is 994. The number of hydrogen-bond donors (Lipinski definition) is 0. The van der Waals surface area contributed by atoms with E-state index in [4.69, 9.17) is 9.47 Å². The van der Waals surface area contributed by atoms with E-state index in [-0.39, 0.29) is 17.7 Å². The van der Waals surface area contributed by atoms with Crippen LogP contribution in [-0.4, -0.2) is 81.0 Å². The summed E-state index contributed by atoms with van der Waals surface area (Å²) in [6, 6.07) is 15.5. The summed E-state index contributed by atoms with van der Waals surface area (Å²) < 4.78 is 10.7. The molecule has 0 radical (unpaired) electrons. The molecule has 2 amide bonds. The van der Waals surface area contributed by atoms with E-state index in [0.29, 0.717) is 36.7 Å². The lowest BCUT2D eigenvalue weighted by Crippen LogP contribution is -2.47. The molecular formula is C25H31N3O4. The van der Waals surface area contributed by atoms with Gasteiger partial charge in [0.2, 0.25) is 5.91 Å². The molecular weight excluding hydrogens is 406 g/mol. The lowest BCUT2D eigenvalue weighted by atomic mass is 9.80. The molecule has 7 nitrogen and oxygen atoms in total. The van der Waals surface area contributed by atoms with Crippen molar-refractivity contribution in [3.63, 3.8) is 0 Å². The fraction of sp³-hybridized carbons (Fsp3) is 0.440. The predicted molar refractivity (Wildman–Crippen MR) is 122 cm³/mol. The standard InChI is InChI=1S/C25H31N3O4/c1-26(2)24(30)25-16-27(13-18-8-6-5-7-9-18)14-19(25)15-28(17-25)23(29)21-11-10-20(31-3)12-22(21)32-4/h5-12,19H,13-17H2,1-4H3. The Balaban J connectivity index is 1.57. The predicted octanol–water partition coefficient (Wildman–Crippen LogP) is 2.37. The zero-order valence-corrected chi connectivity index (χ0v) is 19.2. The molecule has 4 rings (SSSR count). The number of amides is 2. The lowest BCUT2D eigenvalue weighted by Gasteiger charge is -2.31. The minimum Gasteiger partial charge on any atom is -0.497 e. The Hall–Kier alpha value is -3.06. The van der Waals surface area contributed by atoms with Gasteiger partial charge in [0.15, 0.2) is 0 Å². The summed E-state index contributed by atoms with van der Waals surface area (Å²) in [5.41, 5.74) is 1.13. The van der Waals surface area contributed by atoms with E-state index in [1.807, 2.05) is 23.1 Å². The van der Waals surface area contributed by atoms with Crippen LogP contribution in [0.2, 0.25) is 0 Å². The SMILES string of the molecule is COc1ccc(C(=O)N2CC3CN(Cc4ccccc4)CC3(C(=O)N(C)C)C2)c(OC)c1. The fourth-order valence-corrected chi connectivity index (χ4v) is 5.18. The van der Waals surface area contributed by atoms with Gasteiger partial charge < -0.3 is 19.3 Å². The number of methoxy groups -OCH3 is 2. The minimum atomic E-state index is -0.590. The number of hydrogen-bond acceptors (Lipinski definition) is 5. The fourth-order valence-electron chi connectivity index (χ4n) is 5.18. The summed E-state index contributed by atoms with van der Waals surface area (Å²) in [5.74, 6) is 1.18. The molecule has 2 atom stereocenters. The summed E-state index contributed by atoms with van der Waals surface area (Å²) in [5, 5.41) is 0. The highest BCUT2D eigenvalue weighted by molar-refractivity contribution is 5.98. The summed E-state index contributed by atoms with van der Waals surface area (Å²) >= 11 is 0. The normalized spacial score (nSPS) is 22.5. The first-order valence-corrected chi connectivity index (χ1v) is 10.9. The maximum atomic E-state index is 13.4. The van der Waals surface area contributed by atoms with Gasteiger partial charge in [-0.2, -0.15) is 0 Å². The number of likely N-dealkylation sites (tertiary alicyclic amines) is 2. The monoisotopic (exact) mass is 437 g/mol. The van der Waals surface area contributed by atoms with Gasteiger partial charge in [-0.3, -0.25) is 14.5 Å². The van der Waals surface area contributed by atoms with Gasteiger partial charge in [-0.25, -0.2) is 0 Å². The molecule has 0 bridgehead atoms. The number of ether oxygens (including phenoxy) is 2. The molecule has 2 aliphatic rings. The van der Waals surface area contributed by atoms with Crippen LogP contribution in [0, 0.1) is 11.3 Å². The van der Waals surface area contributed by atoms with Crippen molar-refractivity contribution in [2.45, 2.75) is 6.54 Å². The largest absolute Gasteiger partial charge is 0.497 e. The van der Waals surface area contributed by atoms with Crippen LogP contribution in [0.15, 0.2) is 48.5 Å². The average molecular weight is 438 g/mol. The second kappa shape index (κ2) is 8.82. The van der Waals surface area contributed by atoms with Crippen LogP contribution in [0.25, 0.3) is 0 Å². The quantitative estimate of drug-likeness (QED) is 0.694. The molecule has 0 aliphatic carbocycles. The zero-order chi connectivity index (χ0) is 22.9. The number of carbonyl (C=O) groups excluding carboxylic acids is 2. The van der Waals surface area contributed by atoms with Crippen LogP contribution in [0.4, 0.5) is 0 Å². The second-order valence-electron chi connectivity index (χ2n) is 8.96. The molecule has 2 aliphatic heterocycles. The molecule has 0 saturated carbocycles. The highest BCUT2D eigenvalue weighted by Gasteiger charge is 2.58. The molecule has 2 saturated heterocycles. The Morgan fingerprint density at radius 1 is 1.03 bits per heavy atom. The first-order chi connectivity index (χ1) is 15.4. The Morgan fingerprint density at radius 3 is 2.44 bits per heavy atom. The van der Waals surface area contributed by atoms with Crippen molar-refractivity contribution in [2.75, 3.05) is 54.5 Å². The van der Waals surface area contributed by atoms with Gasteiger partial charge in [0.25, 0.3) is 5.91 Å². The first kappa shape index (κ1) is 22.1. The topological polar surface area (TPSA) is 62.3 Å². The van der Waals surface area contributed by atoms with E-state index in [2.05, 4.69) is 17.0 Å². The van der Waals surface area contributed by atoms with E-state index in [9.17, 15) is 9.59 Å². The van der Waals surface area contributed by atoms with E-state index in [0.717, 1.165) is 13.1 Å². The summed E-state index contributed by atoms with van der Waals surface area (Å²) in [6.45, 7) is 3.21. The van der Waals surface area contributed by atoms with Crippen molar-refractivity contribution >= 4 is 11.8 Å². The molecule has 2 fully saturated rings. The summed E-state index contributed by atoms with van der Waals surface area (Å²) in [6.07, 6.45) is 0. The van der Waals surface area contributed by atoms with Gasteiger partial charge >= 0.3 is 0 Å². The molecule has 0 aromatic heterocycles. The van der Waals surface area contributed by atoms with Gasteiger partial charge in [0, 0.05) is 58.8 Å². The number of carbonyl (C=O) groups is 2. The molecule has 7 heteroatoms. The number of benzene rings is 2. The second-order valence-corrected chi connectivity index (χ2v) is 8.96. The van der Waals surface area contributed by atoms with Crippen molar-refractivity contribution in [1.82, 2.24) is 14.7 Å². The third-order valence-corrected chi connectivity index (χ3v) is 6.69. The zero-order valence-electron chi connectivity index (χ0n) is 19.2. The molecule has 2 heterocycles. The maximum Gasteiger partial charge on any atom is 0.257 e. The van der Waals surface area contributed by atoms with E-state index in [1.165, 1.54) is 5.56 Å². The van der Waals surface area contributed by atoms with E-state index in [1.54, 1.807) is 51.4 Å². The van der Waals surface area contributed by atoms with E-state index < -0.39 is 5.41 Å². The highest BCUT2D eigenvalue weighted by atomic mass is 16.5. The first-order valence-electron chi connectivity index (χ1n) is 10.9. The highest BCUT2D eigenvalue weighted by Crippen LogP contribution is 2.45. The molecule has 2 aromatic rings. The van der Waals surface area contributed by atoms with Crippen LogP contribution in [0.5, 0.6) is 11.5 Å². The Kier molecular flexibility index (Phi) is 6.11. The van der Waals surface area contributed by atoms with Crippen LogP contribution in [-0.2, 0) is 11.3 Å². The molecule has 2 aromatic carbocycles. The maximum absolute atomic E-state index is 13.4. The van der Waals surface area contributed by atoms with Crippen molar-refractivity contribution in [3.05, 3.63) is 59.7 Å². The average Bonchev–Trinajstić information content (AvgIpc) is 3.33. The molecule has 0 N–H and O–H groups in total. The Labute approximate surface area is 189 Å². The van der Waals surface area contributed by atoms with Crippen molar-refractivity contribution < 1.29 is 19.1 Å². The van der Waals surface area contributed by atoms with Crippen molar-refractivity contribution in [3.8, 4) is 11.5 Å². The molecule has 2 unspecified atom stereocenters. The molecule has 170 valence electrons. The Morgan fingerprint density at radius 2 is 1.78 bits per heavy atom. The smallest absolute Gasteiger partial charge is 0.257 e. The van der Waals surface area contributed by atoms with Gasteiger partial charge in [-0.1, -0.05) is 30.3 Å².